The van der Waals surface area contributed by atoms with E-state index in [9.17, 15) is 10.1 Å². The van der Waals surface area contributed by atoms with Gasteiger partial charge in [-0.1, -0.05) is 13.0 Å². The second-order valence-corrected chi connectivity index (χ2v) is 6.45. The van der Waals surface area contributed by atoms with Gasteiger partial charge in [0.25, 0.3) is 0 Å². The monoisotopic (exact) mass is 295 g/mol. The van der Waals surface area contributed by atoms with Crippen LogP contribution in [0.4, 0.5) is 0 Å². The van der Waals surface area contributed by atoms with E-state index in [2.05, 4.69) is 17.9 Å². The van der Waals surface area contributed by atoms with E-state index in [1.54, 1.807) is 0 Å². The van der Waals surface area contributed by atoms with Crippen LogP contribution >= 0.6 is 0 Å². The maximum Gasteiger partial charge on any atom is 0.180 e. The standard InChI is InChI=1S/C17H17N3O2/c1-2-12-4-3-11-5-14(21)13(6-18)16(15(11)19-12)20-7-17(8-20)9-22-10-17/h3-4H,2,5,7-10H2,1H3. The van der Waals surface area contributed by atoms with E-state index in [4.69, 9.17) is 9.72 Å². The van der Waals surface area contributed by atoms with E-state index in [-0.39, 0.29) is 23.2 Å². The van der Waals surface area contributed by atoms with Crippen molar-refractivity contribution in [1.82, 2.24) is 9.88 Å². The average molecular weight is 295 g/mol. The number of aryl methyl sites for hydroxylation is 1. The van der Waals surface area contributed by atoms with Gasteiger partial charge in [0, 0.05) is 25.2 Å². The number of pyridine rings is 1. The van der Waals surface area contributed by atoms with E-state index in [0.29, 0.717) is 0 Å². The number of allylic oxidation sites excluding steroid dienone is 1. The number of carbonyl (C=O) groups is 1. The molecule has 112 valence electrons. The molecule has 0 N–H and O–H groups in total. The molecule has 0 radical (unpaired) electrons. The van der Waals surface area contributed by atoms with Gasteiger partial charge in [0.05, 0.1) is 30.0 Å². The van der Waals surface area contributed by atoms with Crippen molar-refractivity contribution in [3.8, 4) is 6.07 Å². The minimum absolute atomic E-state index is 0.0955. The summed E-state index contributed by atoms with van der Waals surface area (Å²) in [5.41, 5.74) is 3.99. The number of Topliss-reactive ketones (excluding diaryl/α,β-unsaturated/α-hetero) is 1. The molecule has 5 nitrogen and oxygen atoms in total. The molecule has 0 amide bonds. The van der Waals surface area contributed by atoms with Gasteiger partial charge in [-0.25, -0.2) is 0 Å². The highest BCUT2D eigenvalue weighted by Crippen LogP contribution is 2.44. The third-order valence-electron chi connectivity index (χ3n) is 4.79. The first-order chi connectivity index (χ1) is 10.7. The molecule has 0 aromatic carbocycles. The molecule has 2 aliphatic heterocycles. The molecule has 1 aromatic rings. The van der Waals surface area contributed by atoms with Crippen LogP contribution in [0, 0.1) is 16.7 Å². The van der Waals surface area contributed by atoms with Gasteiger partial charge < -0.3 is 9.64 Å². The largest absolute Gasteiger partial charge is 0.380 e. The van der Waals surface area contributed by atoms with Gasteiger partial charge in [-0.3, -0.25) is 9.78 Å². The molecule has 22 heavy (non-hydrogen) atoms. The van der Waals surface area contributed by atoms with Crippen LogP contribution < -0.4 is 0 Å². The van der Waals surface area contributed by atoms with Crippen LogP contribution in [0.5, 0.6) is 0 Å². The van der Waals surface area contributed by atoms with Crippen molar-refractivity contribution >= 4 is 11.5 Å². The summed E-state index contributed by atoms with van der Waals surface area (Å²) >= 11 is 0. The van der Waals surface area contributed by atoms with Gasteiger partial charge in [-0.2, -0.15) is 5.26 Å². The number of rotatable bonds is 2. The molecule has 1 spiro atoms. The third kappa shape index (κ3) is 1.80. The predicted molar refractivity (Wildman–Crippen MR) is 79.7 cm³/mol. The minimum atomic E-state index is -0.0955. The summed E-state index contributed by atoms with van der Waals surface area (Å²) < 4.78 is 5.31. The highest BCUT2D eigenvalue weighted by Gasteiger charge is 2.51. The average Bonchev–Trinajstić information content (AvgIpc) is 2.43. The molecule has 5 heteroatoms. The van der Waals surface area contributed by atoms with Crippen molar-refractivity contribution in [3.63, 3.8) is 0 Å². The summed E-state index contributed by atoms with van der Waals surface area (Å²) in [5.74, 6) is -0.0955. The topological polar surface area (TPSA) is 66.2 Å². The highest BCUT2D eigenvalue weighted by atomic mass is 16.5. The molecule has 3 aliphatic rings. The van der Waals surface area contributed by atoms with Crippen LogP contribution in [-0.2, 0) is 22.4 Å². The van der Waals surface area contributed by atoms with Gasteiger partial charge in [-0.15, -0.1) is 0 Å². The summed E-state index contributed by atoms with van der Waals surface area (Å²) in [7, 11) is 0. The molecule has 0 bridgehead atoms. The molecular formula is C17H17N3O2. The lowest BCUT2D eigenvalue weighted by Gasteiger charge is -2.56. The Kier molecular flexibility index (Phi) is 2.85. The van der Waals surface area contributed by atoms with E-state index in [0.717, 1.165) is 55.4 Å². The van der Waals surface area contributed by atoms with Crippen LogP contribution in [0.25, 0.3) is 5.70 Å². The molecule has 3 heterocycles. The first-order valence-corrected chi connectivity index (χ1v) is 7.65. The lowest BCUT2D eigenvalue weighted by molar-refractivity contribution is -0.173. The molecule has 2 saturated heterocycles. The van der Waals surface area contributed by atoms with E-state index in [1.807, 2.05) is 12.1 Å². The van der Waals surface area contributed by atoms with E-state index >= 15 is 0 Å². The first-order valence-electron chi connectivity index (χ1n) is 7.65. The van der Waals surface area contributed by atoms with Crippen molar-refractivity contribution in [2.24, 2.45) is 5.41 Å². The lowest BCUT2D eigenvalue weighted by atomic mass is 9.76. The zero-order valence-corrected chi connectivity index (χ0v) is 12.6. The minimum Gasteiger partial charge on any atom is -0.380 e. The summed E-state index contributed by atoms with van der Waals surface area (Å²) in [6.45, 7) is 5.31. The highest BCUT2D eigenvalue weighted by molar-refractivity contribution is 6.09. The number of ether oxygens (including phenoxy) is 1. The van der Waals surface area contributed by atoms with Crippen LogP contribution in [0.3, 0.4) is 0 Å². The number of aromatic nitrogens is 1. The van der Waals surface area contributed by atoms with Crippen molar-refractivity contribution in [2.75, 3.05) is 26.3 Å². The Morgan fingerprint density at radius 3 is 2.77 bits per heavy atom. The van der Waals surface area contributed by atoms with Gasteiger partial charge >= 0.3 is 0 Å². The van der Waals surface area contributed by atoms with Crippen molar-refractivity contribution in [3.05, 3.63) is 34.7 Å². The molecule has 0 unspecified atom stereocenters. The molecule has 2 fully saturated rings. The van der Waals surface area contributed by atoms with Crippen LogP contribution in [0.1, 0.15) is 23.9 Å². The second kappa shape index (κ2) is 4.65. The first kappa shape index (κ1) is 13.5. The number of likely N-dealkylation sites (tertiary alicyclic amines) is 1. The maximum atomic E-state index is 12.3. The third-order valence-corrected chi connectivity index (χ3v) is 4.79. The Morgan fingerprint density at radius 1 is 1.41 bits per heavy atom. The number of nitriles is 1. The van der Waals surface area contributed by atoms with Crippen LogP contribution in [0.15, 0.2) is 17.7 Å². The van der Waals surface area contributed by atoms with Crippen LogP contribution in [0.2, 0.25) is 0 Å². The predicted octanol–water partition coefficient (Wildman–Crippen LogP) is 1.34. The number of ketones is 1. The van der Waals surface area contributed by atoms with Crippen molar-refractivity contribution in [1.29, 1.82) is 5.26 Å². The van der Waals surface area contributed by atoms with Gasteiger partial charge in [0.2, 0.25) is 0 Å². The summed E-state index contributed by atoms with van der Waals surface area (Å²) in [6, 6.07) is 6.06. The molecular weight excluding hydrogens is 278 g/mol. The number of nitrogens with zero attached hydrogens (tertiary/aromatic N) is 3. The van der Waals surface area contributed by atoms with Gasteiger partial charge in [0.1, 0.15) is 11.6 Å². The zero-order chi connectivity index (χ0) is 15.3. The zero-order valence-electron chi connectivity index (χ0n) is 12.6. The summed E-state index contributed by atoms with van der Waals surface area (Å²) in [4.78, 5) is 19.1. The summed E-state index contributed by atoms with van der Waals surface area (Å²) in [6.07, 6.45) is 1.12. The number of fused-ring (bicyclic) bond motifs is 1. The number of hydrogen-bond donors (Lipinski definition) is 0. The quantitative estimate of drug-likeness (QED) is 0.823. The van der Waals surface area contributed by atoms with Crippen molar-refractivity contribution < 1.29 is 9.53 Å². The van der Waals surface area contributed by atoms with Gasteiger partial charge in [-0.05, 0) is 18.1 Å². The molecule has 1 aliphatic carbocycles. The lowest BCUT2D eigenvalue weighted by Crippen LogP contribution is -2.65. The second-order valence-electron chi connectivity index (χ2n) is 6.45. The fourth-order valence-corrected chi connectivity index (χ4v) is 3.50. The fourth-order valence-electron chi connectivity index (χ4n) is 3.50. The Hall–Kier alpha value is -2.19. The smallest absolute Gasteiger partial charge is 0.180 e. The van der Waals surface area contributed by atoms with Crippen molar-refractivity contribution in [2.45, 2.75) is 19.8 Å². The van der Waals surface area contributed by atoms with Crippen LogP contribution in [-0.4, -0.2) is 42.0 Å². The normalized spacial score (nSPS) is 22.0. The SMILES string of the molecule is CCc1ccc2c(n1)C(N1CC3(COC3)C1)=C(C#N)C(=O)C2. The Bertz CT molecular complexity index is 733. The molecule has 4 rings (SSSR count). The van der Waals surface area contributed by atoms with Gasteiger partial charge in [0.15, 0.2) is 5.78 Å². The number of carbonyl (C=O) groups excluding carboxylic acids is 1. The molecule has 1 aromatic heterocycles. The Labute approximate surface area is 129 Å². The maximum absolute atomic E-state index is 12.3. The van der Waals surface area contributed by atoms with E-state index < -0.39 is 0 Å². The summed E-state index contributed by atoms with van der Waals surface area (Å²) in [5, 5.41) is 9.45. The Balaban J connectivity index is 1.78. The fraction of sp³-hybridized carbons (Fsp3) is 0.471. The Morgan fingerprint density at radius 2 is 2.18 bits per heavy atom. The number of hydrogen-bond acceptors (Lipinski definition) is 5. The van der Waals surface area contributed by atoms with E-state index in [1.165, 1.54) is 0 Å². The molecule has 0 atom stereocenters. The molecule has 0 saturated carbocycles.